The van der Waals surface area contributed by atoms with Gasteiger partial charge in [-0.2, -0.15) is 0 Å². The molecule has 30 heavy (non-hydrogen) atoms. The van der Waals surface area contributed by atoms with Gasteiger partial charge in [-0.25, -0.2) is 4.39 Å². The second-order valence-corrected chi connectivity index (χ2v) is 8.39. The molecule has 0 radical (unpaired) electrons. The van der Waals surface area contributed by atoms with Gasteiger partial charge in [0.25, 0.3) is 0 Å². The first kappa shape index (κ1) is 19.9. The fraction of sp³-hybridized carbons (Fsp3) is 0.192. The third kappa shape index (κ3) is 2.91. The van der Waals surface area contributed by atoms with Crippen molar-refractivity contribution in [2.24, 2.45) is 0 Å². The number of rotatable bonds is 4. The van der Waals surface area contributed by atoms with Crippen molar-refractivity contribution in [3.05, 3.63) is 100 Å². The maximum atomic E-state index is 13.8. The van der Waals surface area contributed by atoms with Crippen LogP contribution in [0.2, 0.25) is 0 Å². The van der Waals surface area contributed by atoms with Gasteiger partial charge in [0.15, 0.2) is 0 Å². The zero-order valence-corrected chi connectivity index (χ0v) is 17.6. The number of aromatic amines is 1. The number of aliphatic hydroxyl groups is 1. The van der Waals surface area contributed by atoms with Crippen molar-refractivity contribution in [1.29, 1.82) is 0 Å². The average molecular weight is 401 g/mol. The first-order valence-electron chi connectivity index (χ1n) is 9.86. The second-order valence-electron chi connectivity index (χ2n) is 8.39. The van der Waals surface area contributed by atoms with Gasteiger partial charge in [0, 0.05) is 27.6 Å². The summed E-state index contributed by atoms with van der Waals surface area (Å²) in [4.78, 5) is 16.1. The van der Waals surface area contributed by atoms with Gasteiger partial charge >= 0.3 is 0 Å². The monoisotopic (exact) mass is 401 g/mol. The molecule has 0 spiro atoms. The molecule has 152 valence electrons. The van der Waals surface area contributed by atoms with E-state index < -0.39 is 11.2 Å². The molecule has 2 aromatic carbocycles. The summed E-state index contributed by atoms with van der Waals surface area (Å²) in [6, 6.07) is 12.4. The molecule has 0 unspecified atom stereocenters. The molecule has 3 nitrogen and oxygen atoms in total. The van der Waals surface area contributed by atoms with Gasteiger partial charge in [-0.15, -0.1) is 0 Å². The quantitative estimate of drug-likeness (QED) is 0.509. The minimum atomic E-state index is -0.408. The summed E-state index contributed by atoms with van der Waals surface area (Å²) in [5.41, 5.74) is 5.01. The number of aromatic nitrogens is 1. The van der Waals surface area contributed by atoms with Crippen molar-refractivity contribution in [3.63, 3.8) is 0 Å². The number of benzene rings is 2. The van der Waals surface area contributed by atoms with Crippen molar-refractivity contribution in [1.82, 2.24) is 4.98 Å². The molecule has 1 aliphatic carbocycles. The van der Waals surface area contributed by atoms with Crippen molar-refractivity contribution in [3.8, 4) is 0 Å². The number of carbonyl (C=O) groups excluding carboxylic acids is 1. The zero-order chi connectivity index (χ0) is 21.8. The van der Waals surface area contributed by atoms with E-state index in [1.807, 2.05) is 52.0 Å². The van der Waals surface area contributed by atoms with Gasteiger partial charge < -0.3 is 10.1 Å². The van der Waals surface area contributed by atoms with Gasteiger partial charge in [0.2, 0.25) is 5.78 Å². The fourth-order valence-electron chi connectivity index (χ4n) is 4.21. The molecule has 1 aromatic heterocycles. The lowest BCUT2D eigenvalue weighted by atomic mass is 9.74. The molecule has 1 heterocycles. The highest BCUT2D eigenvalue weighted by molar-refractivity contribution is 6.40. The number of hydrogen-bond acceptors (Lipinski definition) is 2. The van der Waals surface area contributed by atoms with Crippen LogP contribution < -0.4 is 0 Å². The molecule has 2 N–H and O–H groups in total. The molecule has 0 saturated carbocycles. The Morgan fingerprint density at radius 1 is 1.17 bits per heavy atom. The highest BCUT2D eigenvalue weighted by Crippen LogP contribution is 2.43. The molecule has 0 atom stereocenters. The molecule has 0 fully saturated rings. The maximum Gasteiger partial charge on any atom is 0.201 e. The first-order valence-corrected chi connectivity index (χ1v) is 9.86. The van der Waals surface area contributed by atoms with E-state index in [2.05, 4.69) is 11.6 Å². The Bertz CT molecular complexity index is 1290. The third-order valence-electron chi connectivity index (χ3n) is 6.10. The summed E-state index contributed by atoms with van der Waals surface area (Å²) >= 11 is 0. The highest BCUT2D eigenvalue weighted by Gasteiger charge is 2.38. The van der Waals surface area contributed by atoms with E-state index in [-0.39, 0.29) is 22.7 Å². The smallest absolute Gasteiger partial charge is 0.201 e. The third-order valence-corrected chi connectivity index (χ3v) is 6.10. The Kier molecular flexibility index (Phi) is 4.53. The summed E-state index contributed by atoms with van der Waals surface area (Å²) in [5, 5.41) is 11.3. The average Bonchev–Trinajstić information content (AvgIpc) is 3.01. The van der Waals surface area contributed by atoms with Crippen LogP contribution in [0.1, 0.15) is 36.2 Å². The number of allylic oxidation sites excluding steroid dienone is 4. The Morgan fingerprint density at radius 2 is 1.87 bits per heavy atom. The molecule has 4 rings (SSSR count). The number of ketones is 1. The summed E-state index contributed by atoms with van der Waals surface area (Å²) < 4.78 is 13.8. The summed E-state index contributed by atoms with van der Waals surface area (Å²) in [6.45, 7) is 12.1. The Balaban J connectivity index is 1.76. The number of fused-ring (bicyclic) bond motifs is 1. The molecule has 0 bridgehead atoms. The van der Waals surface area contributed by atoms with Crippen molar-refractivity contribution in [2.45, 2.75) is 33.1 Å². The highest BCUT2D eigenvalue weighted by atomic mass is 19.1. The number of nitrogens with one attached hydrogen (secondary N) is 1. The molecule has 0 amide bonds. The van der Waals surface area contributed by atoms with E-state index in [0.29, 0.717) is 16.6 Å². The Hall–Kier alpha value is -3.40. The molecular weight excluding hydrogens is 377 g/mol. The van der Waals surface area contributed by atoms with Gasteiger partial charge in [0.05, 0.1) is 11.1 Å². The van der Waals surface area contributed by atoms with Crippen molar-refractivity contribution in [2.75, 3.05) is 0 Å². The topological polar surface area (TPSA) is 53.1 Å². The molecular formula is C26H24FNO2. The van der Waals surface area contributed by atoms with Crippen molar-refractivity contribution < 1.29 is 14.3 Å². The van der Waals surface area contributed by atoms with Crippen LogP contribution in [-0.2, 0) is 10.2 Å². The Morgan fingerprint density at radius 3 is 2.53 bits per heavy atom. The molecule has 0 aliphatic heterocycles. The minimum Gasteiger partial charge on any atom is -0.506 e. The van der Waals surface area contributed by atoms with E-state index in [1.54, 1.807) is 12.1 Å². The van der Waals surface area contributed by atoms with Gasteiger partial charge in [-0.1, -0.05) is 44.7 Å². The van der Waals surface area contributed by atoms with E-state index in [0.717, 1.165) is 22.2 Å². The second kappa shape index (κ2) is 6.84. The van der Waals surface area contributed by atoms with Crippen LogP contribution in [0.15, 0.2) is 72.0 Å². The number of carbonyl (C=O) groups is 1. The summed E-state index contributed by atoms with van der Waals surface area (Å²) in [6.07, 6.45) is 1.67. The fourth-order valence-corrected chi connectivity index (χ4v) is 4.21. The molecule has 1 aliphatic rings. The standard InChI is InChI=1S/C26H24FNO2/c1-14-8-6-7-9-20(14)26(4,5)15(2)12-19-24(29)23(25(19)30)22-16(3)28-21-11-10-17(27)13-18(21)22/h6-13,28-29H,2H2,1,3-5H3/b19-12-. The number of aliphatic hydroxyl groups excluding tert-OH is 1. The van der Waals surface area contributed by atoms with Gasteiger partial charge in [-0.3, -0.25) is 4.79 Å². The zero-order valence-electron chi connectivity index (χ0n) is 17.6. The van der Waals surface area contributed by atoms with Crippen molar-refractivity contribution >= 4 is 22.3 Å². The number of halogens is 1. The number of hydrogen-bond donors (Lipinski definition) is 2. The number of aryl methyl sites for hydroxylation is 2. The van der Waals surface area contributed by atoms with Crippen LogP contribution in [0.3, 0.4) is 0 Å². The van der Waals surface area contributed by atoms with Crippen LogP contribution in [0.5, 0.6) is 0 Å². The maximum absolute atomic E-state index is 13.8. The first-order chi connectivity index (χ1) is 14.1. The summed E-state index contributed by atoms with van der Waals surface area (Å²) in [5.74, 6) is -0.726. The Labute approximate surface area is 175 Å². The van der Waals surface area contributed by atoms with Crippen LogP contribution >= 0.6 is 0 Å². The molecule has 0 saturated heterocycles. The molecule has 3 aromatic rings. The lowest BCUT2D eigenvalue weighted by Crippen LogP contribution is -2.25. The van der Waals surface area contributed by atoms with E-state index in [9.17, 15) is 14.3 Å². The number of Topliss-reactive ketones (excluding diaryl/α,β-unsaturated/α-hetero) is 1. The summed E-state index contributed by atoms with van der Waals surface area (Å²) in [7, 11) is 0. The van der Waals surface area contributed by atoms with Gasteiger partial charge in [-0.05, 0) is 54.8 Å². The minimum absolute atomic E-state index is 0.0741. The largest absolute Gasteiger partial charge is 0.506 e. The van der Waals surface area contributed by atoms with E-state index >= 15 is 0 Å². The predicted octanol–water partition coefficient (Wildman–Crippen LogP) is 6.24. The lowest BCUT2D eigenvalue weighted by molar-refractivity contribution is -0.111. The van der Waals surface area contributed by atoms with Crippen LogP contribution in [0, 0.1) is 19.7 Å². The molecule has 4 heteroatoms. The lowest BCUT2D eigenvalue weighted by Gasteiger charge is -2.30. The van der Waals surface area contributed by atoms with Crippen LogP contribution in [0.25, 0.3) is 16.5 Å². The van der Waals surface area contributed by atoms with E-state index in [1.165, 1.54) is 12.1 Å². The van der Waals surface area contributed by atoms with Crippen LogP contribution in [-0.4, -0.2) is 15.9 Å². The van der Waals surface area contributed by atoms with Gasteiger partial charge in [0.1, 0.15) is 11.6 Å². The number of H-pyrrole nitrogens is 1. The van der Waals surface area contributed by atoms with E-state index in [4.69, 9.17) is 0 Å². The normalized spacial score (nSPS) is 15.8. The SMILES string of the molecule is C=C(/C=C1\C(=O)C(c2c(C)[nH]c3ccc(F)cc23)=C1O)C(C)(C)c1ccccc1C. The van der Waals surface area contributed by atoms with Crippen LogP contribution in [0.4, 0.5) is 4.39 Å². The predicted molar refractivity (Wildman–Crippen MR) is 119 cm³/mol.